The van der Waals surface area contributed by atoms with Crippen LogP contribution in [0.2, 0.25) is 0 Å². The minimum Gasteiger partial charge on any atom is -0.363 e. The molecule has 0 atom stereocenters. The summed E-state index contributed by atoms with van der Waals surface area (Å²) in [6, 6.07) is 5.27. The van der Waals surface area contributed by atoms with Crippen molar-refractivity contribution in [1.29, 1.82) is 5.26 Å². The first-order valence-corrected chi connectivity index (χ1v) is 8.32. The molecule has 0 radical (unpaired) electrons. The second kappa shape index (κ2) is 5.52. The molecule has 0 bridgehead atoms. The van der Waals surface area contributed by atoms with Crippen molar-refractivity contribution in [3.63, 3.8) is 0 Å². The molecule has 3 rings (SSSR count). The molecule has 23 heavy (non-hydrogen) atoms. The fourth-order valence-corrected chi connectivity index (χ4v) is 3.89. The van der Waals surface area contributed by atoms with Crippen molar-refractivity contribution in [3.05, 3.63) is 47.0 Å². The van der Waals surface area contributed by atoms with Crippen molar-refractivity contribution in [2.45, 2.75) is 24.2 Å². The third-order valence-electron chi connectivity index (χ3n) is 3.70. The van der Waals surface area contributed by atoms with Gasteiger partial charge in [-0.3, -0.25) is 9.52 Å². The van der Waals surface area contributed by atoms with E-state index in [4.69, 9.17) is 5.26 Å². The van der Waals surface area contributed by atoms with E-state index in [0.29, 0.717) is 24.1 Å². The molecule has 1 aliphatic rings. The molecule has 2 aromatic rings. The van der Waals surface area contributed by atoms with Crippen LogP contribution in [-0.4, -0.2) is 19.2 Å². The number of Topliss-reactive ketones (excluding diaryl/α,β-unsaturated/α-hetero) is 1. The molecule has 118 valence electrons. The van der Waals surface area contributed by atoms with Gasteiger partial charge in [-0.05, 0) is 30.2 Å². The maximum absolute atomic E-state index is 13.9. The van der Waals surface area contributed by atoms with Crippen molar-refractivity contribution < 1.29 is 17.6 Å². The molecule has 2 N–H and O–H groups in total. The number of fused-ring (bicyclic) bond motifs is 1. The molecule has 0 aliphatic heterocycles. The van der Waals surface area contributed by atoms with Crippen LogP contribution in [0.1, 0.15) is 23.2 Å². The van der Waals surface area contributed by atoms with E-state index >= 15 is 0 Å². The summed E-state index contributed by atoms with van der Waals surface area (Å²) in [6.07, 6.45) is 2.12. The van der Waals surface area contributed by atoms with Gasteiger partial charge in [-0.1, -0.05) is 0 Å². The molecule has 0 saturated carbocycles. The summed E-state index contributed by atoms with van der Waals surface area (Å²) in [6.45, 7) is 0. The van der Waals surface area contributed by atoms with E-state index in [-0.39, 0.29) is 28.4 Å². The summed E-state index contributed by atoms with van der Waals surface area (Å²) in [4.78, 5) is 14.2. The van der Waals surface area contributed by atoms with Crippen LogP contribution in [0.3, 0.4) is 0 Å². The summed E-state index contributed by atoms with van der Waals surface area (Å²) < 4.78 is 41.0. The number of rotatable bonds is 3. The van der Waals surface area contributed by atoms with Gasteiger partial charge in [0.15, 0.2) is 0 Å². The average molecular weight is 333 g/mol. The summed E-state index contributed by atoms with van der Waals surface area (Å²) in [7, 11) is -3.99. The van der Waals surface area contributed by atoms with Crippen molar-refractivity contribution in [2.75, 3.05) is 4.72 Å². The molecule has 1 aromatic heterocycles. The molecule has 8 heteroatoms. The minimum atomic E-state index is -3.99. The monoisotopic (exact) mass is 333 g/mol. The van der Waals surface area contributed by atoms with Crippen LogP contribution in [0.15, 0.2) is 29.3 Å². The van der Waals surface area contributed by atoms with Crippen molar-refractivity contribution in [3.8, 4) is 6.07 Å². The Morgan fingerprint density at radius 2 is 2.09 bits per heavy atom. The van der Waals surface area contributed by atoms with E-state index in [1.807, 2.05) is 0 Å². The zero-order chi connectivity index (χ0) is 16.6. The number of nitrogens with zero attached hydrogens (tertiary/aromatic N) is 1. The summed E-state index contributed by atoms with van der Waals surface area (Å²) in [5, 5.41) is 8.70. The van der Waals surface area contributed by atoms with E-state index in [1.165, 1.54) is 18.3 Å². The Kier molecular flexibility index (Phi) is 3.66. The maximum Gasteiger partial charge on any atom is 0.263 e. The van der Waals surface area contributed by atoms with Crippen molar-refractivity contribution >= 4 is 21.5 Å². The van der Waals surface area contributed by atoms with Gasteiger partial charge in [-0.15, -0.1) is 0 Å². The first-order chi connectivity index (χ1) is 10.9. The predicted octanol–water partition coefficient (Wildman–Crippen LogP) is 1.88. The van der Waals surface area contributed by atoms with E-state index in [1.54, 1.807) is 6.07 Å². The number of carbonyl (C=O) groups is 1. The fraction of sp³-hybridized carbons (Fsp3) is 0.200. The molecule has 0 unspecified atom stereocenters. The van der Waals surface area contributed by atoms with Crippen LogP contribution in [0.5, 0.6) is 0 Å². The number of hydrogen-bond acceptors (Lipinski definition) is 4. The molecular weight excluding hydrogens is 321 g/mol. The van der Waals surface area contributed by atoms with Gasteiger partial charge in [0.1, 0.15) is 16.5 Å². The lowest BCUT2D eigenvalue weighted by atomic mass is 9.97. The number of nitriles is 1. The Balaban J connectivity index is 1.95. The first-order valence-electron chi connectivity index (χ1n) is 6.84. The lowest BCUT2D eigenvalue weighted by molar-refractivity contribution is -0.118. The molecule has 0 spiro atoms. The number of hydrogen-bond donors (Lipinski definition) is 2. The Morgan fingerprint density at radius 1 is 1.30 bits per heavy atom. The number of ketones is 1. The van der Waals surface area contributed by atoms with Gasteiger partial charge in [0.05, 0.1) is 17.3 Å². The van der Waals surface area contributed by atoms with Gasteiger partial charge in [-0.2, -0.15) is 5.26 Å². The van der Waals surface area contributed by atoms with Crippen LogP contribution < -0.4 is 4.72 Å². The molecule has 1 aromatic carbocycles. The molecule has 6 nitrogen and oxygen atoms in total. The number of sulfonamides is 1. The van der Waals surface area contributed by atoms with E-state index < -0.39 is 15.8 Å². The molecule has 0 fully saturated rings. The lowest BCUT2D eigenvalue weighted by Crippen LogP contribution is -2.18. The highest BCUT2D eigenvalue weighted by molar-refractivity contribution is 7.92. The van der Waals surface area contributed by atoms with E-state index in [0.717, 1.165) is 6.07 Å². The normalized spacial score (nSPS) is 14.2. The second-order valence-electron chi connectivity index (χ2n) is 5.24. The Hall–Kier alpha value is -2.66. The highest BCUT2D eigenvalue weighted by Crippen LogP contribution is 2.28. The van der Waals surface area contributed by atoms with Crippen LogP contribution >= 0.6 is 0 Å². The Morgan fingerprint density at radius 3 is 2.78 bits per heavy atom. The summed E-state index contributed by atoms with van der Waals surface area (Å²) in [5.74, 6) is -0.776. The molecule has 1 aliphatic carbocycles. The third-order valence-corrected chi connectivity index (χ3v) is 5.13. The van der Waals surface area contributed by atoms with Crippen molar-refractivity contribution in [1.82, 2.24) is 4.98 Å². The minimum absolute atomic E-state index is 0.0174. The van der Waals surface area contributed by atoms with Gasteiger partial charge < -0.3 is 4.98 Å². The summed E-state index contributed by atoms with van der Waals surface area (Å²) >= 11 is 0. The number of benzene rings is 1. The second-order valence-corrected chi connectivity index (χ2v) is 6.89. The van der Waals surface area contributed by atoms with Crippen LogP contribution in [-0.2, 0) is 27.7 Å². The average Bonchev–Trinajstić information content (AvgIpc) is 2.93. The molecular formula is C15H12FN3O3S. The van der Waals surface area contributed by atoms with Crippen LogP contribution in [0.25, 0.3) is 0 Å². The standard InChI is InChI=1S/C15H12FN3O3S/c16-12-5-9(7-17)1-4-13(12)19-23(21,22)15-8-18-14-6-10(20)2-3-11(14)15/h1,4-5,8,18-19H,2-3,6H2. The number of H-pyrrole nitrogens is 1. The topological polar surface area (TPSA) is 103 Å². The Labute approximate surface area is 132 Å². The lowest BCUT2D eigenvalue weighted by Gasteiger charge is -2.13. The number of carbonyl (C=O) groups excluding carboxylic acids is 1. The van der Waals surface area contributed by atoms with E-state index in [9.17, 15) is 17.6 Å². The number of aromatic amines is 1. The van der Waals surface area contributed by atoms with E-state index in [2.05, 4.69) is 9.71 Å². The van der Waals surface area contributed by atoms with Gasteiger partial charge in [0.2, 0.25) is 0 Å². The van der Waals surface area contributed by atoms with Crippen LogP contribution in [0, 0.1) is 17.1 Å². The third kappa shape index (κ3) is 2.83. The number of halogens is 1. The number of aromatic nitrogens is 1. The van der Waals surface area contributed by atoms with Gasteiger partial charge in [-0.25, -0.2) is 12.8 Å². The zero-order valence-electron chi connectivity index (χ0n) is 11.9. The maximum atomic E-state index is 13.9. The molecule has 0 amide bonds. The van der Waals surface area contributed by atoms with Gasteiger partial charge in [0.25, 0.3) is 10.0 Å². The number of anilines is 1. The molecule has 1 heterocycles. The summed E-state index contributed by atoms with van der Waals surface area (Å²) in [5.41, 5.74) is 1.02. The molecule has 0 saturated heterocycles. The fourth-order valence-electron chi connectivity index (χ4n) is 2.56. The van der Waals surface area contributed by atoms with Gasteiger partial charge in [0, 0.05) is 24.7 Å². The highest BCUT2D eigenvalue weighted by atomic mass is 32.2. The largest absolute Gasteiger partial charge is 0.363 e. The number of nitrogens with one attached hydrogen (secondary N) is 2. The zero-order valence-corrected chi connectivity index (χ0v) is 12.7. The Bertz CT molecular complexity index is 941. The van der Waals surface area contributed by atoms with Crippen molar-refractivity contribution in [2.24, 2.45) is 0 Å². The quantitative estimate of drug-likeness (QED) is 0.895. The predicted molar refractivity (Wildman–Crippen MR) is 79.7 cm³/mol. The SMILES string of the molecule is N#Cc1ccc(NS(=O)(=O)c2c[nH]c3c2CCC(=O)C3)c(F)c1. The smallest absolute Gasteiger partial charge is 0.263 e. The highest BCUT2D eigenvalue weighted by Gasteiger charge is 2.27. The first kappa shape index (κ1) is 15.2. The van der Waals surface area contributed by atoms with Crippen LogP contribution in [0.4, 0.5) is 10.1 Å². The van der Waals surface area contributed by atoms with Gasteiger partial charge >= 0.3 is 0 Å².